The Morgan fingerprint density at radius 3 is 2.43 bits per heavy atom. The highest BCUT2D eigenvalue weighted by Crippen LogP contribution is 2.09. The van der Waals surface area contributed by atoms with Gasteiger partial charge in [-0.05, 0) is 18.8 Å². The third-order valence-electron chi connectivity index (χ3n) is 3.84. The highest BCUT2D eigenvalue weighted by molar-refractivity contribution is 5.74. The molecule has 0 aromatic rings. The van der Waals surface area contributed by atoms with Gasteiger partial charge in [-0.15, -0.1) is 0 Å². The molecule has 1 rings (SSSR count). The summed E-state index contributed by atoms with van der Waals surface area (Å²) in [4.78, 5) is 26.4. The summed E-state index contributed by atoms with van der Waals surface area (Å²) in [6.45, 7) is 6.35. The van der Waals surface area contributed by atoms with E-state index < -0.39 is 5.97 Å². The average molecular weight is 301 g/mol. The van der Waals surface area contributed by atoms with E-state index in [1.165, 1.54) is 0 Å². The van der Waals surface area contributed by atoms with Crippen LogP contribution in [0, 0.1) is 5.92 Å². The van der Waals surface area contributed by atoms with Crippen LogP contribution in [0.25, 0.3) is 0 Å². The van der Waals surface area contributed by atoms with E-state index in [1.54, 1.807) is 4.90 Å². The SMILES string of the molecule is CC(CCNC(=O)N1CCN(CCO)CC1)CCC(=O)O. The fourth-order valence-electron chi connectivity index (χ4n) is 2.37. The molecule has 122 valence electrons. The number of carboxylic acids is 1. The summed E-state index contributed by atoms with van der Waals surface area (Å²) in [7, 11) is 0. The van der Waals surface area contributed by atoms with Crippen LogP contribution in [0.1, 0.15) is 26.2 Å². The minimum Gasteiger partial charge on any atom is -0.481 e. The highest BCUT2D eigenvalue weighted by atomic mass is 16.4. The smallest absolute Gasteiger partial charge is 0.317 e. The Kier molecular flexibility index (Phi) is 8.07. The third-order valence-corrected chi connectivity index (χ3v) is 3.84. The molecule has 7 heteroatoms. The van der Waals surface area contributed by atoms with E-state index in [9.17, 15) is 9.59 Å². The zero-order chi connectivity index (χ0) is 15.7. The summed E-state index contributed by atoms with van der Waals surface area (Å²) >= 11 is 0. The van der Waals surface area contributed by atoms with Crippen molar-refractivity contribution in [3.8, 4) is 0 Å². The zero-order valence-corrected chi connectivity index (χ0v) is 12.8. The van der Waals surface area contributed by atoms with Gasteiger partial charge in [-0.3, -0.25) is 9.69 Å². The predicted molar refractivity (Wildman–Crippen MR) is 79.1 cm³/mol. The van der Waals surface area contributed by atoms with Gasteiger partial charge in [0.25, 0.3) is 0 Å². The lowest BCUT2D eigenvalue weighted by molar-refractivity contribution is -0.137. The molecule has 3 N–H and O–H groups in total. The van der Waals surface area contributed by atoms with Gasteiger partial charge in [-0.2, -0.15) is 0 Å². The monoisotopic (exact) mass is 301 g/mol. The van der Waals surface area contributed by atoms with Crippen molar-refractivity contribution in [1.82, 2.24) is 15.1 Å². The van der Waals surface area contributed by atoms with E-state index in [1.807, 2.05) is 6.92 Å². The van der Waals surface area contributed by atoms with Gasteiger partial charge >= 0.3 is 12.0 Å². The highest BCUT2D eigenvalue weighted by Gasteiger charge is 2.20. The van der Waals surface area contributed by atoms with Crippen LogP contribution in [0.15, 0.2) is 0 Å². The lowest BCUT2D eigenvalue weighted by Gasteiger charge is -2.34. The van der Waals surface area contributed by atoms with Crippen molar-refractivity contribution in [3.63, 3.8) is 0 Å². The molecule has 2 amide bonds. The Hall–Kier alpha value is -1.34. The summed E-state index contributed by atoms with van der Waals surface area (Å²) in [5.74, 6) is -0.477. The first-order chi connectivity index (χ1) is 10.0. The molecular weight excluding hydrogens is 274 g/mol. The lowest BCUT2D eigenvalue weighted by atomic mass is 10.0. The molecule has 0 spiro atoms. The normalized spacial score (nSPS) is 17.5. The lowest BCUT2D eigenvalue weighted by Crippen LogP contribution is -2.52. The van der Waals surface area contributed by atoms with Crippen LogP contribution in [-0.2, 0) is 4.79 Å². The van der Waals surface area contributed by atoms with Gasteiger partial charge in [-0.1, -0.05) is 6.92 Å². The van der Waals surface area contributed by atoms with Gasteiger partial charge < -0.3 is 20.4 Å². The Balaban J connectivity index is 2.12. The molecule has 0 aromatic carbocycles. The minimum absolute atomic E-state index is 0.0518. The summed E-state index contributed by atoms with van der Waals surface area (Å²) in [5.41, 5.74) is 0. The summed E-state index contributed by atoms with van der Waals surface area (Å²) < 4.78 is 0. The van der Waals surface area contributed by atoms with Crippen LogP contribution in [0.3, 0.4) is 0 Å². The Labute approximate surface area is 125 Å². The number of amides is 2. The number of carbonyl (C=O) groups is 2. The second kappa shape index (κ2) is 9.57. The molecule has 0 bridgehead atoms. The van der Waals surface area contributed by atoms with Gasteiger partial charge in [0.05, 0.1) is 6.61 Å². The van der Waals surface area contributed by atoms with Crippen LogP contribution >= 0.6 is 0 Å². The average Bonchev–Trinajstić information content (AvgIpc) is 2.46. The fraction of sp³-hybridized carbons (Fsp3) is 0.857. The topological polar surface area (TPSA) is 93.1 Å². The van der Waals surface area contributed by atoms with Crippen molar-refractivity contribution in [2.45, 2.75) is 26.2 Å². The van der Waals surface area contributed by atoms with E-state index in [2.05, 4.69) is 10.2 Å². The van der Waals surface area contributed by atoms with E-state index >= 15 is 0 Å². The van der Waals surface area contributed by atoms with Crippen LogP contribution in [0.2, 0.25) is 0 Å². The van der Waals surface area contributed by atoms with Crippen molar-refractivity contribution >= 4 is 12.0 Å². The van der Waals surface area contributed by atoms with Gasteiger partial charge in [0, 0.05) is 45.7 Å². The summed E-state index contributed by atoms with van der Waals surface area (Å²) in [6, 6.07) is -0.0518. The number of aliphatic hydroxyl groups excluding tert-OH is 1. The second-order valence-corrected chi connectivity index (χ2v) is 5.61. The molecule has 1 saturated heterocycles. The molecule has 1 aliphatic heterocycles. The molecule has 1 unspecified atom stereocenters. The molecule has 0 aliphatic carbocycles. The third kappa shape index (κ3) is 7.29. The quantitative estimate of drug-likeness (QED) is 0.595. The first-order valence-corrected chi connectivity index (χ1v) is 7.60. The molecule has 1 heterocycles. The number of hydrogen-bond donors (Lipinski definition) is 3. The Bertz CT molecular complexity index is 330. The van der Waals surface area contributed by atoms with Gasteiger partial charge in [0.2, 0.25) is 0 Å². The van der Waals surface area contributed by atoms with E-state index in [-0.39, 0.29) is 19.1 Å². The number of β-amino-alcohol motifs (C(OH)–C–C–N with tert-alkyl or cyclic N) is 1. The minimum atomic E-state index is -0.772. The van der Waals surface area contributed by atoms with Crippen molar-refractivity contribution in [1.29, 1.82) is 0 Å². The number of nitrogens with zero attached hydrogens (tertiary/aromatic N) is 2. The number of piperazine rings is 1. The molecule has 7 nitrogen and oxygen atoms in total. The maximum Gasteiger partial charge on any atom is 0.317 e. The maximum absolute atomic E-state index is 12.0. The molecule has 0 radical (unpaired) electrons. The van der Waals surface area contributed by atoms with E-state index in [4.69, 9.17) is 10.2 Å². The molecule has 0 saturated carbocycles. The Morgan fingerprint density at radius 2 is 1.86 bits per heavy atom. The van der Waals surface area contributed by atoms with Crippen LogP contribution < -0.4 is 5.32 Å². The summed E-state index contributed by atoms with van der Waals surface area (Å²) in [5, 5.41) is 20.4. The van der Waals surface area contributed by atoms with Crippen molar-refractivity contribution < 1.29 is 19.8 Å². The number of aliphatic hydroxyl groups is 1. The molecule has 1 atom stereocenters. The van der Waals surface area contributed by atoms with Gasteiger partial charge in [0.15, 0.2) is 0 Å². The second-order valence-electron chi connectivity index (χ2n) is 5.61. The first kappa shape index (κ1) is 17.7. The summed E-state index contributed by atoms with van der Waals surface area (Å²) in [6.07, 6.45) is 1.62. The standard InChI is InChI=1S/C14H27N3O4/c1-12(2-3-13(19)20)4-5-15-14(21)17-8-6-16(7-9-17)10-11-18/h12,18H,2-11H2,1H3,(H,15,21)(H,19,20). The van der Waals surface area contributed by atoms with Crippen LogP contribution in [0.5, 0.6) is 0 Å². The molecular formula is C14H27N3O4. The molecule has 21 heavy (non-hydrogen) atoms. The first-order valence-electron chi connectivity index (χ1n) is 7.60. The number of carbonyl (C=O) groups excluding carboxylic acids is 1. The number of carboxylic acid groups (broad SMARTS) is 1. The number of aliphatic carboxylic acids is 1. The number of rotatable bonds is 8. The van der Waals surface area contributed by atoms with Crippen molar-refractivity contribution in [3.05, 3.63) is 0 Å². The largest absolute Gasteiger partial charge is 0.481 e. The number of nitrogens with one attached hydrogen (secondary N) is 1. The van der Waals surface area contributed by atoms with E-state index in [0.717, 1.165) is 19.5 Å². The fourth-order valence-corrected chi connectivity index (χ4v) is 2.37. The molecule has 1 fully saturated rings. The number of urea groups is 1. The molecule has 0 aromatic heterocycles. The van der Waals surface area contributed by atoms with Crippen molar-refractivity contribution in [2.24, 2.45) is 5.92 Å². The van der Waals surface area contributed by atoms with Gasteiger partial charge in [-0.25, -0.2) is 4.79 Å². The van der Waals surface area contributed by atoms with Gasteiger partial charge in [0.1, 0.15) is 0 Å². The Morgan fingerprint density at radius 1 is 1.19 bits per heavy atom. The zero-order valence-electron chi connectivity index (χ0n) is 12.8. The maximum atomic E-state index is 12.0. The van der Waals surface area contributed by atoms with Crippen molar-refractivity contribution in [2.75, 3.05) is 45.9 Å². The van der Waals surface area contributed by atoms with Crippen LogP contribution in [-0.4, -0.2) is 77.9 Å². The molecule has 1 aliphatic rings. The van der Waals surface area contributed by atoms with E-state index in [0.29, 0.717) is 38.5 Å². The number of hydrogen-bond acceptors (Lipinski definition) is 4. The van der Waals surface area contributed by atoms with Crippen LogP contribution in [0.4, 0.5) is 4.79 Å². The predicted octanol–water partition coefficient (Wildman–Crippen LogP) is 0.197.